The predicted octanol–water partition coefficient (Wildman–Crippen LogP) is 3.34. The van der Waals surface area contributed by atoms with Gasteiger partial charge < -0.3 is 14.6 Å². The van der Waals surface area contributed by atoms with Gasteiger partial charge in [-0.05, 0) is 53.9 Å². The maximum absolute atomic E-state index is 10.8. The zero-order valence-electron chi connectivity index (χ0n) is 14.3. The van der Waals surface area contributed by atoms with Crippen molar-refractivity contribution < 1.29 is 14.6 Å². The van der Waals surface area contributed by atoms with Gasteiger partial charge in [0.15, 0.2) is 0 Å². The Bertz CT molecular complexity index is 856. The van der Waals surface area contributed by atoms with E-state index in [1.807, 2.05) is 48.7 Å². The van der Waals surface area contributed by atoms with Crippen LogP contribution in [0.5, 0.6) is 11.5 Å². The summed E-state index contributed by atoms with van der Waals surface area (Å²) in [6.45, 7) is 0.942. The molecule has 0 spiro atoms. The van der Waals surface area contributed by atoms with Crippen LogP contribution in [-0.2, 0) is 13.0 Å². The molecule has 3 heterocycles. The maximum Gasteiger partial charge on any atom is 0.125 e. The van der Waals surface area contributed by atoms with Gasteiger partial charge in [-0.25, -0.2) is 0 Å². The molecule has 5 heteroatoms. The Hall–Kier alpha value is -2.92. The standard InChI is InChI=1S/C21H20N2O3/c24-21-17(10-16-2-1-7-23-12-16)14-26-20-4-3-18(11-19(20)21)25-13-15-5-8-22-9-6-15/h1-9,11-12,17,21,24H,10,13-14H2/t17-,21-/m1/s1. The molecular formula is C21H20N2O3. The molecular weight excluding hydrogens is 328 g/mol. The van der Waals surface area contributed by atoms with Crippen LogP contribution >= 0.6 is 0 Å². The molecule has 4 rings (SSSR count). The second-order valence-corrected chi connectivity index (χ2v) is 6.43. The molecule has 0 amide bonds. The van der Waals surface area contributed by atoms with Gasteiger partial charge >= 0.3 is 0 Å². The second-order valence-electron chi connectivity index (χ2n) is 6.43. The van der Waals surface area contributed by atoms with E-state index in [2.05, 4.69) is 9.97 Å². The molecule has 0 bridgehead atoms. The van der Waals surface area contributed by atoms with E-state index >= 15 is 0 Å². The van der Waals surface area contributed by atoms with Crippen molar-refractivity contribution in [2.24, 2.45) is 5.92 Å². The summed E-state index contributed by atoms with van der Waals surface area (Å²) in [5, 5.41) is 10.8. The molecule has 0 aliphatic carbocycles. The average Bonchev–Trinajstić information content (AvgIpc) is 2.70. The number of nitrogens with zero attached hydrogens (tertiary/aromatic N) is 2. The summed E-state index contributed by atoms with van der Waals surface area (Å²) in [6, 6.07) is 13.4. The highest BCUT2D eigenvalue weighted by Crippen LogP contribution is 2.38. The molecule has 0 unspecified atom stereocenters. The lowest BCUT2D eigenvalue weighted by molar-refractivity contribution is 0.0504. The largest absolute Gasteiger partial charge is 0.493 e. The summed E-state index contributed by atoms with van der Waals surface area (Å²) in [6.07, 6.45) is 7.19. The average molecular weight is 348 g/mol. The third-order valence-corrected chi connectivity index (χ3v) is 4.57. The van der Waals surface area contributed by atoms with Crippen LogP contribution in [-0.4, -0.2) is 21.7 Å². The van der Waals surface area contributed by atoms with Crippen molar-refractivity contribution >= 4 is 0 Å². The fraction of sp³-hybridized carbons (Fsp3) is 0.238. The van der Waals surface area contributed by atoms with Gasteiger partial charge in [-0.2, -0.15) is 0 Å². The Balaban J connectivity index is 1.48. The van der Waals surface area contributed by atoms with Crippen LogP contribution in [0.15, 0.2) is 67.3 Å². The fourth-order valence-electron chi connectivity index (χ4n) is 3.16. The van der Waals surface area contributed by atoms with Gasteiger partial charge in [-0.15, -0.1) is 0 Å². The minimum absolute atomic E-state index is 0.0119. The summed E-state index contributed by atoms with van der Waals surface area (Å²) in [5.41, 5.74) is 2.91. The van der Waals surface area contributed by atoms with Crippen molar-refractivity contribution in [3.05, 3.63) is 83.9 Å². The lowest BCUT2D eigenvalue weighted by Crippen LogP contribution is -2.27. The van der Waals surface area contributed by atoms with E-state index in [-0.39, 0.29) is 5.92 Å². The predicted molar refractivity (Wildman–Crippen MR) is 96.9 cm³/mol. The number of fused-ring (bicyclic) bond motifs is 1. The molecule has 5 nitrogen and oxygen atoms in total. The molecule has 0 radical (unpaired) electrons. The normalized spacial score (nSPS) is 18.7. The van der Waals surface area contributed by atoms with Crippen LogP contribution in [0.25, 0.3) is 0 Å². The number of ether oxygens (including phenoxy) is 2. The first-order chi connectivity index (χ1) is 12.8. The lowest BCUT2D eigenvalue weighted by atomic mass is 9.88. The summed E-state index contributed by atoms with van der Waals surface area (Å²) in [7, 11) is 0. The van der Waals surface area contributed by atoms with Crippen molar-refractivity contribution in [1.82, 2.24) is 9.97 Å². The van der Waals surface area contributed by atoms with Crippen LogP contribution in [0.2, 0.25) is 0 Å². The van der Waals surface area contributed by atoms with E-state index in [0.717, 1.165) is 28.9 Å². The highest BCUT2D eigenvalue weighted by Gasteiger charge is 2.30. The van der Waals surface area contributed by atoms with Crippen molar-refractivity contribution in [2.75, 3.05) is 6.61 Å². The van der Waals surface area contributed by atoms with E-state index in [1.54, 1.807) is 18.6 Å². The maximum atomic E-state index is 10.8. The Kier molecular flexibility index (Phi) is 4.80. The molecule has 1 aliphatic rings. The number of aliphatic hydroxyl groups is 1. The molecule has 0 fully saturated rings. The Morgan fingerprint density at radius 3 is 2.73 bits per heavy atom. The van der Waals surface area contributed by atoms with Crippen molar-refractivity contribution in [1.29, 1.82) is 0 Å². The summed E-state index contributed by atoms with van der Waals surface area (Å²) in [5.74, 6) is 1.42. The van der Waals surface area contributed by atoms with Gasteiger partial charge in [0, 0.05) is 36.3 Å². The van der Waals surface area contributed by atoms with E-state index in [9.17, 15) is 5.11 Å². The summed E-state index contributed by atoms with van der Waals surface area (Å²) in [4.78, 5) is 8.14. The molecule has 1 aromatic carbocycles. The molecule has 0 saturated heterocycles. The number of rotatable bonds is 5. The zero-order valence-corrected chi connectivity index (χ0v) is 14.3. The van der Waals surface area contributed by atoms with Crippen molar-refractivity contribution in [3.63, 3.8) is 0 Å². The van der Waals surface area contributed by atoms with Gasteiger partial charge in [-0.1, -0.05) is 6.07 Å². The highest BCUT2D eigenvalue weighted by atomic mass is 16.5. The zero-order chi connectivity index (χ0) is 17.8. The first-order valence-electron chi connectivity index (χ1n) is 8.65. The van der Waals surface area contributed by atoms with Gasteiger partial charge in [-0.3, -0.25) is 9.97 Å². The van der Waals surface area contributed by atoms with Gasteiger partial charge in [0.2, 0.25) is 0 Å². The van der Waals surface area contributed by atoms with Crippen LogP contribution in [0.3, 0.4) is 0 Å². The third-order valence-electron chi connectivity index (χ3n) is 4.57. The molecule has 132 valence electrons. The quantitative estimate of drug-likeness (QED) is 0.766. The molecule has 1 aliphatic heterocycles. The third kappa shape index (κ3) is 3.68. The van der Waals surface area contributed by atoms with E-state index < -0.39 is 6.10 Å². The topological polar surface area (TPSA) is 64.5 Å². The highest BCUT2D eigenvalue weighted by molar-refractivity contribution is 5.43. The first kappa shape index (κ1) is 16.5. The lowest BCUT2D eigenvalue weighted by Gasteiger charge is -2.30. The number of aromatic nitrogens is 2. The molecule has 2 atom stereocenters. The minimum atomic E-state index is -0.594. The molecule has 1 N–H and O–H groups in total. The Morgan fingerprint density at radius 2 is 1.92 bits per heavy atom. The SMILES string of the molecule is O[C@H]1c2cc(OCc3ccncc3)ccc2OC[C@H]1Cc1cccnc1. The fourth-order valence-corrected chi connectivity index (χ4v) is 3.16. The number of hydrogen-bond donors (Lipinski definition) is 1. The number of aliphatic hydroxyl groups excluding tert-OH is 1. The summed E-state index contributed by atoms with van der Waals surface area (Å²) < 4.78 is 11.7. The van der Waals surface area contributed by atoms with Crippen LogP contribution in [0, 0.1) is 5.92 Å². The number of benzene rings is 1. The molecule has 0 saturated carbocycles. The van der Waals surface area contributed by atoms with Crippen LogP contribution in [0.4, 0.5) is 0 Å². The van der Waals surface area contributed by atoms with E-state index in [4.69, 9.17) is 9.47 Å². The monoisotopic (exact) mass is 348 g/mol. The Labute approximate surface area is 152 Å². The van der Waals surface area contributed by atoms with Crippen LogP contribution in [0.1, 0.15) is 22.8 Å². The van der Waals surface area contributed by atoms with E-state index in [1.165, 1.54) is 0 Å². The van der Waals surface area contributed by atoms with Gasteiger partial charge in [0.1, 0.15) is 18.1 Å². The van der Waals surface area contributed by atoms with E-state index in [0.29, 0.717) is 19.0 Å². The summed E-state index contributed by atoms with van der Waals surface area (Å²) >= 11 is 0. The first-order valence-corrected chi connectivity index (χ1v) is 8.65. The van der Waals surface area contributed by atoms with Crippen molar-refractivity contribution in [3.8, 4) is 11.5 Å². The second kappa shape index (κ2) is 7.54. The number of hydrogen-bond acceptors (Lipinski definition) is 5. The Morgan fingerprint density at radius 1 is 1.04 bits per heavy atom. The minimum Gasteiger partial charge on any atom is -0.493 e. The smallest absolute Gasteiger partial charge is 0.125 e. The van der Waals surface area contributed by atoms with Gasteiger partial charge in [0.05, 0.1) is 12.7 Å². The molecule has 2 aromatic heterocycles. The van der Waals surface area contributed by atoms with Crippen molar-refractivity contribution in [2.45, 2.75) is 19.1 Å². The molecule has 26 heavy (non-hydrogen) atoms. The van der Waals surface area contributed by atoms with Gasteiger partial charge in [0.25, 0.3) is 0 Å². The van der Waals surface area contributed by atoms with Crippen LogP contribution < -0.4 is 9.47 Å². The number of pyridine rings is 2. The molecule has 3 aromatic rings.